The van der Waals surface area contributed by atoms with E-state index in [0.29, 0.717) is 0 Å². The molecule has 0 atom stereocenters. The minimum Gasteiger partial charge on any atom is -0.456 e. The monoisotopic (exact) mass is 830 g/mol. The summed E-state index contributed by atoms with van der Waals surface area (Å²) in [6, 6.07) is 91.2. The van der Waals surface area contributed by atoms with Crippen LogP contribution >= 0.6 is 0 Å². The fraction of sp³-hybridized carbons (Fsp3) is 0. The molecular formula is C62H42N2O. The van der Waals surface area contributed by atoms with Crippen molar-refractivity contribution in [2.75, 3.05) is 9.80 Å². The zero-order chi connectivity index (χ0) is 43.1. The van der Waals surface area contributed by atoms with Crippen molar-refractivity contribution in [3.63, 3.8) is 0 Å². The second-order valence-electron chi connectivity index (χ2n) is 16.5. The van der Waals surface area contributed by atoms with Gasteiger partial charge in [0, 0.05) is 44.5 Å². The van der Waals surface area contributed by atoms with Gasteiger partial charge in [-0.2, -0.15) is 0 Å². The van der Waals surface area contributed by atoms with Crippen LogP contribution in [0.5, 0.6) is 11.5 Å². The number of hydrogen-bond acceptors (Lipinski definition) is 3. The van der Waals surface area contributed by atoms with Crippen LogP contribution in [0.1, 0.15) is 0 Å². The van der Waals surface area contributed by atoms with Crippen LogP contribution in [-0.2, 0) is 0 Å². The summed E-state index contributed by atoms with van der Waals surface area (Å²) in [6.07, 6.45) is 0. The number of ether oxygens (including phenoxy) is 1. The third-order valence-corrected chi connectivity index (χ3v) is 12.7. The lowest BCUT2D eigenvalue weighted by molar-refractivity contribution is 0.487. The third-order valence-electron chi connectivity index (χ3n) is 12.7. The fourth-order valence-corrected chi connectivity index (χ4v) is 9.50. The molecule has 3 heteroatoms. The lowest BCUT2D eigenvalue weighted by atomic mass is 9.92. The van der Waals surface area contributed by atoms with Gasteiger partial charge in [-0.3, -0.25) is 0 Å². The standard InChI is InChI=1S/C62H42N2O/c1-4-14-43(15-5-1)46-26-32-50(33-27-46)63(51-34-28-47(29-35-51)44-16-6-2-7-17-44)53-38-40-60-57(42-53)55-23-13-24-56-59(39-41-61(65-60)62(55)56)64(58-25-12-21-49-20-10-11-22-54(49)58)52-36-30-48(31-37-52)45-18-8-3-9-19-45/h1-42H. The normalized spacial score (nSPS) is 11.5. The largest absolute Gasteiger partial charge is 0.456 e. The first-order chi connectivity index (χ1) is 32.2. The van der Waals surface area contributed by atoms with Gasteiger partial charge in [-0.1, -0.05) is 182 Å². The van der Waals surface area contributed by atoms with Crippen molar-refractivity contribution in [1.29, 1.82) is 0 Å². The van der Waals surface area contributed by atoms with E-state index in [9.17, 15) is 0 Å². The van der Waals surface area contributed by atoms with Gasteiger partial charge in [0.05, 0.1) is 11.4 Å². The Kier molecular flexibility index (Phi) is 9.50. The molecular weight excluding hydrogens is 789 g/mol. The van der Waals surface area contributed by atoms with Gasteiger partial charge in [0.1, 0.15) is 11.5 Å². The number of fused-ring (bicyclic) bond motifs is 3. The summed E-state index contributed by atoms with van der Waals surface area (Å²) >= 11 is 0. The van der Waals surface area contributed by atoms with Gasteiger partial charge in [0.25, 0.3) is 0 Å². The van der Waals surface area contributed by atoms with Gasteiger partial charge >= 0.3 is 0 Å². The van der Waals surface area contributed by atoms with Gasteiger partial charge in [0.2, 0.25) is 0 Å². The van der Waals surface area contributed by atoms with Crippen molar-refractivity contribution in [2.45, 2.75) is 0 Å². The maximum Gasteiger partial charge on any atom is 0.136 e. The highest BCUT2D eigenvalue weighted by Gasteiger charge is 2.26. The van der Waals surface area contributed by atoms with Gasteiger partial charge < -0.3 is 14.5 Å². The molecule has 1 heterocycles. The molecule has 3 nitrogen and oxygen atoms in total. The molecule has 0 aliphatic carbocycles. The van der Waals surface area contributed by atoms with Crippen LogP contribution in [0.4, 0.5) is 34.1 Å². The smallest absolute Gasteiger partial charge is 0.136 e. The van der Waals surface area contributed by atoms with Gasteiger partial charge in [-0.05, 0) is 117 Å². The Balaban J connectivity index is 0.997. The summed E-state index contributed by atoms with van der Waals surface area (Å²) < 4.78 is 6.87. The van der Waals surface area contributed by atoms with Crippen molar-refractivity contribution >= 4 is 55.7 Å². The number of rotatable bonds is 9. The molecule has 0 bridgehead atoms. The summed E-state index contributed by atoms with van der Waals surface area (Å²) in [7, 11) is 0. The molecule has 0 spiro atoms. The molecule has 0 saturated carbocycles. The van der Waals surface area contributed by atoms with E-state index in [1.165, 1.54) is 44.2 Å². The highest BCUT2D eigenvalue weighted by Crippen LogP contribution is 2.52. The van der Waals surface area contributed by atoms with Crippen LogP contribution in [0.25, 0.3) is 66.1 Å². The first kappa shape index (κ1) is 38.0. The average Bonchev–Trinajstić information content (AvgIpc) is 3.39. The molecule has 11 aromatic rings. The number of hydrogen-bond donors (Lipinski definition) is 0. The van der Waals surface area contributed by atoms with E-state index in [1.54, 1.807) is 0 Å². The molecule has 0 N–H and O–H groups in total. The molecule has 1 aliphatic rings. The van der Waals surface area contributed by atoms with E-state index in [4.69, 9.17) is 4.74 Å². The van der Waals surface area contributed by atoms with Crippen LogP contribution in [0, 0.1) is 0 Å². The molecule has 0 saturated heterocycles. The van der Waals surface area contributed by atoms with Crippen molar-refractivity contribution in [2.24, 2.45) is 0 Å². The quantitative estimate of drug-likeness (QED) is 0.144. The fourth-order valence-electron chi connectivity index (χ4n) is 9.50. The van der Waals surface area contributed by atoms with Crippen molar-refractivity contribution < 1.29 is 4.74 Å². The molecule has 0 radical (unpaired) electrons. The molecule has 11 aromatic carbocycles. The molecule has 65 heavy (non-hydrogen) atoms. The molecule has 306 valence electrons. The van der Waals surface area contributed by atoms with Crippen LogP contribution in [-0.4, -0.2) is 0 Å². The van der Waals surface area contributed by atoms with E-state index in [0.717, 1.165) is 67.5 Å². The second kappa shape index (κ2) is 16.2. The zero-order valence-electron chi connectivity index (χ0n) is 35.6. The van der Waals surface area contributed by atoms with E-state index < -0.39 is 0 Å². The van der Waals surface area contributed by atoms with E-state index in [1.807, 2.05) is 0 Å². The molecule has 0 fully saturated rings. The summed E-state index contributed by atoms with van der Waals surface area (Å²) in [6.45, 7) is 0. The molecule has 0 amide bonds. The minimum atomic E-state index is 0.836. The molecule has 0 aromatic heterocycles. The van der Waals surface area contributed by atoms with Gasteiger partial charge in [0.15, 0.2) is 0 Å². The van der Waals surface area contributed by atoms with Crippen LogP contribution in [0.3, 0.4) is 0 Å². The summed E-state index contributed by atoms with van der Waals surface area (Å²) in [4.78, 5) is 4.75. The third kappa shape index (κ3) is 6.97. The second-order valence-corrected chi connectivity index (χ2v) is 16.5. The van der Waals surface area contributed by atoms with E-state index >= 15 is 0 Å². The van der Waals surface area contributed by atoms with Crippen LogP contribution in [0.2, 0.25) is 0 Å². The van der Waals surface area contributed by atoms with Crippen molar-refractivity contribution in [1.82, 2.24) is 0 Å². The summed E-state index contributed by atoms with van der Waals surface area (Å²) in [5.74, 6) is 1.68. The SMILES string of the molecule is c1ccc(-c2ccc(N(c3ccc(-c4ccccc4)cc3)c3ccc4c(c3)-c3cccc5c(N(c6ccc(-c7ccccc7)cc6)c6cccc7ccccc67)ccc(c35)O4)cc2)cc1. The predicted molar refractivity (Wildman–Crippen MR) is 273 cm³/mol. The maximum atomic E-state index is 6.87. The topological polar surface area (TPSA) is 15.7 Å². The maximum absolute atomic E-state index is 6.87. The Morgan fingerprint density at radius 3 is 1.28 bits per heavy atom. The Bertz CT molecular complexity index is 3390. The lowest BCUT2D eigenvalue weighted by Gasteiger charge is -2.31. The number of benzene rings is 11. The minimum absolute atomic E-state index is 0.836. The van der Waals surface area contributed by atoms with E-state index in [-0.39, 0.29) is 0 Å². The Hall–Kier alpha value is -8.66. The molecule has 1 aliphatic heterocycles. The first-order valence-electron chi connectivity index (χ1n) is 22.2. The van der Waals surface area contributed by atoms with E-state index in [2.05, 4.69) is 265 Å². The Morgan fingerprint density at radius 1 is 0.262 bits per heavy atom. The van der Waals surface area contributed by atoms with Gasteiger partial charge in [-0.25, -0.2) is 0 Å². The highest BCUT2D eigenvalue weighted by atomic mass is 16.5. The summed E-state index contributed by atoms with van der Waals surface area (Å²) in [5.41, 5.74) is 15.7. The molecule has 0 unspecified atom stereocenters. The number of anilines is 6. The van der Waals surface area contributed by atoms with Crippen LogP contribution in [0.15, 0.2) is 255 Å². The molecule has 12 rings (SSSR count). The Labute approximate surface area is 379 Å². The lowest BCUT2D eigenvalue weighted by Crippen LogP contribution is -2.12. The van der Waals surface area contributed by atoms with Crippen molar-refractivity contribution in [3.8, 4) is 56.0 Å². The van der Waals surface area contributed by atoms with Crippen molar-refractivity contribution in [3.05, 3.63) is 255 Å². The average molecular weight is 831 g/mol. The van der Waals surface area contributed by atoms with Gasteiger partial charge in [-0.15, -0.1) is 0 Å². The van der Waals surface area contributed by atoms with Crippen LogP contribution < -0.4 is 14.5 Å². The Morgan fingerprint density at radius 2 is 0.692 bits per heavy atom. The number of nitrogens with zero attached hydrogens (tertiary/aromatic N) is 2. The zero-order valence-corrected chi connectivity index (χ0v) is 35.6. The highest BCUT2D eigenvalue weighted by molar-refractivity contribution is 6.12. The first-order valence-corrected chi connectivity index (χ1v) is 22.2. The predicted octanol–water partition coefficient (Wildman–Crippen LogP) is 17.7. The summed E-state index contributed by atoms with van der Waals surface area (Å²) in [5, 5.41) is 4.58.